The molecule has 1 aliphatic heterocycles. The summed E-state index contributed by atoms with van der Waals surface area (Å²) in [5, 5.41) is 4.02. The van der Waals surface area contributed by atoms with E-state index in [-0.39, 0.29) is 5.92 Å². The average molecular weight is 265 g/mol. The standard InChI is InChI=1S/C14H23N3O2/c1-4-12(5-2)14(18)17-8-6-16(7-9-17)13-10-11(3)19-15-13/h10,12H,4-9H2,1-3H3. The van der Waals surface area contributed by atoms with Gasteiger partial charge in [-0.1, -0.05) is 19.0 Å². The van der Waals surface area contributed by atoms with Crippen LogP contribution >= 0.6 is 0 Å². The van der Waals surface area contributed by atoms with Crippen molar-refractivity contribution >= 4 is 11.7 Å². The Morgan fingerprint density at radius 2 is 1.95 bits per heavy atom. The van der Waals surface area contributed by atoms with Crippen molar-refractivity contribution in [2.24, 2.45) is 5.92 Å². The van der Waals surface area contributed by atoms with E-state index >= 15 is 0 Å². The minimum atomic E-state index is 0.181. The van der Waals surface area contributed by atoms with E-state index in [0.717, 1.165) is 50.6 Å². The molecule has 106 valence electrons. The third-order valence-electron chi connectivity index (χ3n) is 3.87. The van der Waals surface area contributed by atoms with Crippen LogP contribution in [0.5, 0.6) is 0 Å². The zero-order valence-corrected chi connectivity index (χ0v) is 12.1. The molecule has 1 aromatic rings. The van der Waals surface area contributed by atoms with E-state index < -0.39 is 0 Å². The number of carbonyl (C=O) groups is 1. The number of aromatic nitrogens is 1. The van der Waals surface area contributed by atoms with Crippen molar-refractivity contribution in [2.45, 2.75) is 33.6 Å². The van der Waals surface area contributed by atoms with Gasteiger partial charge in [0.1, 0.15) is 5.76 Å². The summed E-state index contributed by atoms with van der Waals surface area (Å²) in [5.41, 5.74) is 0. The average Bonchev–Trinajstić information content (AvgIpc) is 2.87. The molecule has 1 aromatic heterocycles. The lowest BCUT2D eigenvalue weighted by Gasteiger charge is -2.36. The first-order chi connectivity index (χ1) is 9.15. The fourth-order valence-corrected chi connectivity index (χ4v) is 2.55. The Labute approximate surface area is 114 Å². The molecule has 0 aliphatic carbocycles. The monoisotopic (exact) mass is 265 g/mol. The van der Waals surface area contributed by atoms with Crippen LogP contribution in [-0.4, -0.2) is 42.1 Å². The topological polar surface area (TPSA) is 49.6 Å². The summed E-state index contributed by atoms with van der Waals surface area (Å²) in [6, 6.07) is 1.94. The fourth-order valence-electron chi connectivity index (χ4n) is 2.55. The van der Waals surface area contributed by atoms with Crippen molar-refractivity contribution in [1.82, 2.24) is 10.1 Å². The maximum Gasteiger partial charge on any atom is 0.225 e. The Morgan fingerprint density at radius 1 is 1.32 bits per heavy atom. The second kappa shape index (κ2) is 6.08. The van der Waals surface area contributed by atoms with Crippen LogP contribution in [0, 0.1) is 12.8 Å². The van der Waals surface area contributed by atoms with E-state index in [0.29, 0.717) is 5.91 Å². The van der Waals surface area contributed by atoms with Crippen molar-refractivity contribution < 1.29 is 9.32 Å². The molecule has 2 rings (SSSR count). The van der Waals surface area contributed by atoms with Gasteiger partial charge in [-0.3, -0.25) is 4.79 Å². The predicted molar refractivity (Wildman–Crippen MR) is 74.1 cm³/mol. The molecule has 2 heterocycles. The molecular weight excluding hydrogens is 242 g/mol. The highest BCUT2D eigenvalue weighted by molar-refractivity contribution is 5.79. The minimum Gasteiger partial charge on any atom is -0.360 e. The van der Waals surface area contributed by atoms with Crippen LogP contribution < -0.4 is 4.90 Å². The molecule has 0 bridgehead atoms. The maximum absolute atomic E-state index is 12.3. The summed E-state index contributed by atoms with van der Waals surface area (Å²) in [6.45, 7) is 9.28. The summed E-state index contributed by atoms with van der Waals surface area (Å²) < 4.78 is 5.09. The molecule has 1 fully saturated rings. The lowest BCUT2D eigenvalue weighted by Crippen LogP contribution is -2.50. The minimum absolute atomic E-state index is 0.181. The van der Waals surface area contributed by atoms with Crippen molar-refractivity contribution in [2.75, 3.05) is 31.1 Å². The quantitative estimate of drug-likeness (QED) is 0.836. The van der Waals surface area contributed by atoms with E-state index in [4.69, 9.17) is 4.52 Å². The summed E-state index contributed by atoms with van der Waals surface area (Å²) >= 11 is 0. The predicted octanol–water partition coefficient (Wildman–Crippen LogP) is 2.07. The molecular formula is C14H23N3O2. The van der Waals surface area contributed by atoms with Gasteiger partial charge in [0.25, 0.3) is 0 Å². The Hall–Kier alpha value is -1.52. The lowest BCUT2D eigenvalue weighted by atomic mass is 10.0. The van der Waals surface area contributed by atoms with E-state index in [2.05, 4.69) is 23.9 Å². The van der Waals surface area contributed by atoms with Crippen LogP contribution in [0.15, 0.2) is 10.6 Å². The number of amides is 1. The van der Waals surface area contributed by atoms with Gasteiger partial charge in [0, 0.05) is 38.2 Å². The highest BCUT2D eigenvalue weighted by atomic mass is 16.5. The van der Waals surface area contributed by atoms with Crippen LogP contribution in [0.1, 0.15) is 32.4 Å². The number of hydrogen-bond donors (Lipinski definition) is 0. The van der Waals surface area contributed by atoms with Crippen LogP contribution in [0.2, 0.25) is 0 Å². The number of piperazine rings is 1. The van der Waals surface area contributed by atoms with Gasteiger partial charge in [0.2, 0.25) is 5.91 Å². The molecule has 0 radical (unpaired) electrons. The van der Waals surface area contributed by atoms with Crippen molar-refractivity contribution in [3.05, 3.63) is 11.8 Å². The smallest absolute Gasteiger partial charge is 0.225 e. The van der Waals surface area contributed by atoms with Gasteiger partial charge in [-0.15, -0.1) is 0 Å². The molecule has 5 nitrogen and oxygen atoms in total. The van der Waals surface area contributed by atoms with Gasteiger partial charge in [-0.25, -0.2) is 0 Å². The molecule has 0 unspecified atom stereocenters. The Balaban J connectivity index is 1.90. The van der Waals surface area contributed by atoms with E-state index in [1.165, 1.54) is 0 Å². The molecule has 0 atom stereocenters. The van der Waals surface area contributed by atoms with Gasteiger partial charge >= 0.3 is 0 Å². The summed E-state index contributed by atoms with van der Waals surface area (Å²) in [4.78, 5) is 16.4. The van der Waals surface area contributed by atoms with E-state index in [9.17, 15) is 4.79 Å². The molecule has 1 amide bonds. The number of hydrogen-bond acceptors (Lipinski definition) is 4. The largest absolute Gasteiger partial charge is 0.360 e. The van der Waals surface area contributed by atoms with Gasteiger partial charge in [-0.2, -0.15) is 0 Å². The maximum atomic E-state index is 12.3. The Morgan fingerprint density at radius 3 is 2.42 bits per heavy atom. The Bertz CT molecular complexity index is 418. The fraction of sp³-hybridized carbons (Fsp3) is 0.714. The molecule has 0 saturated carbocycles. The van der Waals surface area contributed by atoms with E-state index in [1.54, 1.807) is 0 Å². The lowest BCUT2D eigenvalue weighted by molar-refractivity contribution is -0.136. The van der Waals surface area contributed by atoms with Crippen molar-refractivity contribution in [3.8, 4) is 0 Å². The first-order valence-corrected chi connectivity index (χ1v) is 7.12. The zero-order valence-electron chi connectivity index (χ0n) is 12.1. The van der Waals surface area contributed by atoms with Gasteiger partial charge in [0.15, 0.2) is 5.82 Å². The first-order valence-electron chi connectivity index (χ1n) is 7.12. The normalized spacial score (nSPS) is 16.2. The zero-order chi connectivity index (χ0) is 13.8. The summed E-state index contributed by atoms with van der Waals surface area (Å²) in [5.74, 6) is 2.19. The van der Waals surface area contributed by atoms with Gasteiger partial charge in [-0.05, 0) is 19.8 Å². The first kappa shape index (κ1) is 13.9. The van der Waals surface area contributed by atoms with Crippen molar-refractivity contribution in [1.29, 1.82) is 0 Å². The molecule has 0 N–H and O–H groups in total. The molecule has 19 heavy (non-hydrogen) atoms. The molecule has 5 heteroatoms. The molecule has 0 aromatic carbocycles. The van der Waals surface area contributed by atoms with Gasteiger partial charge in [0.05, 0.1) is 0 Å². The molecule has 1 aliphatic rings. The van der Waals surface area contributed by atoms with Crippen LogP contribution in [-0.2, 0) is 4.79 Å². The highest BCUT2D eigenvalue weighted by Gasteiger charge is 2.26. The SMILES string of the molecule is CCC(CC)C(=O)N1CCN(c2cc(C)on2)CC1. The second-order valence-corrected chi connectivity index (χ2v) is 5.12. The van der Waals surface area contributed by atoms with Gasteiger partial charge < -0.3 is 14.3 Å². The molecule has 1 saturated heterocycles. The third kappa shape index (κ3) is 3.08. The van der Waals surface area contributed by atoms with Crippen LogP contribution in [0.25, 0.3) is 0 Å². The van der Waals surface area contributed by atoms with Crippen molar-refractivity contribution in [3.63, 3.8) is 0 Å². The number of aryl methyl sites for hydroxylation is 1. The summed E-state index contributed by atoms with van der Waals surface area (Å²) in [6.07, 6.45) is 1.86. The molecule has 0 spiro atoms. The highest BCUT2D eigenvalue weighted by Crippen LogP contribution is 2.18. The second-order valence-electron chi connectivity index (χ2n) is 5.12. The summed E-state index contributed by atoms with van der Waals surface area (Å²) in [7, 11) is 0. The van der Waals surface area contributed by atoms with Crippen LogP contribution in [0.4, 0.5) is 5.82 Å². The van der Waals surface area contributed by atoms with Crippen LogP contribution in [0.3, 0.4) is 0 Å². The number of nitrogens with zero attached hydrogens (tertiary/aromatic N) is 3. The third-order valence-corrected chi connectivity index (χ3v) is 3.87. The number of carbonyl (C=O) groups excluding carboxylic acids is 1. The Kier molecular flexibility index (Phi) is 4.45. The number of anilines is 1. The van der Waals surface area contributed by atoms with E-state index in [1.807, 2.05) is 17.9 Å². The number of rotatable bonds is 4.